The number of aromatic nitrogens is 2. The van der Waals surface area contributed by atoms with Crippen LogP contribution in [0.15, 0.2) is 103 Å². The summed E-state index contributed by atoms with van der Waals surface area (Å²) in [4.78, 5) is 13.3. The van der Waals surface area contributed by atoms with Crippen LogP contribution < -0.4 is 20.9 Å². The van der Waals surface area contributed by atoms with Crippen LogP contribution in [0.3, 0.4) is 0 Å². The number of nitrogens with one attached hydrogen (secondary N) is 1. The van der Waals surface area contributed by atoms with Crippen LogP contribution in [0.25, 0.3) is 28.1 Å². The third-order valence-corrected chi connectivity index (χ3v) is 8.03. The first kappa shape index (κ1) is 25.1. The van der Waals surface area contributed by atoms with E-state index >= 15 is 0 Å². The molecule has 0 aliphatic carbocycles. The third kappa shape index (κ3) is 4.85. The molecule has 7 rings (SSSR count). The minimum absolute atomic E-state index is 0.626. The molecule has 0 bridgehead atoms. The number of rotatable bonds is 5. The van der Waals surface area contributed by atoms with E-state index in [-0.39, 0.29) is 0 Å². The fraction of sp³-hybridized carbons (Fsp3) is 0.176. The minimum atomic E-state index is 0.626. The maximum atomic E-state index is 6.56. The Labute approximate surface area is 240 Å². The molecule has 1 saturated heterocycles. The molecule has 5 aromatic rings. The van der Waals surface area contributed by atoms with E-state index < -0.39 is 0 Å². The summed E-state index contributed by atoms with van der Waals surface area (Å²) in [6, 6.07) is 25.2. The Morgan fingerprint density at radius 3 is 2.46 bits per heavy atom. The van der Waals surface area contributed by atoms with Crippen molar-refractivity contribution in [1.82, 2.24) is 15.3 Å². The van der Waals surface area contributed by atoms with Gasteiger partial charge in [0, 0.05) is 85.3 Å². The topological polar surface area (TPSA) is 83.5 Å². The zero-order valence-corrected chi connectivity index (χ0v) is 22.9. The van der Waals surface area contributed by atoms with Crippen molar-refractivity contribution < 1.29 is 4.42 Å². The predicted molar refractivity (Wildman–Crippen MR) is 166 cm³/mol. The van der Waals surface area contributed by atoms with E-state index in [2.05, 4.69) is 80.2 Å². The molecular formula is C34H32N6O. The second-order valence-electron chi connectivity index (χ2n) is 10.6. The molecule has 3 aromatic carbocycles. The summed E-state index contributed by atoms with van der Waals surface area (Å²) in [6.45, 7) is 9.22. The lowest BCUT2D eigenvalue weighted by Gasteiger charge is -2.31. The lowest BCUT2D eigenvalue weighted by Crippen LogP contribution is -2.43. The fourth-order valence-electron chi connectivity index (χ4n) is 5.89. The molecule has 0 saturated carbocycles. The number of nitrogens with two attached hydrogens (primary N) is 1. The van der Waals surface area contributed by atoms with Crippen LogP contribution >= 0.6 is 0 Å². The lowest BCUT2D eigenvalue weighted by atomic mass is 10.0. The van der Waals surface area contributed by atoms with Gasteiger partial charge in [0.1, 0.15) is 12.1 Å². The van der Waals surface area contributed by atoms with E-state index in [1.165, 1.54) is 11.3 Å². The van der Waals surface area contributed by atoms with Gasteiger partial charge in [0.2, 0.25) is 0 Å². The highest BCUT2D eigenvalue weighted by Gasteiger charge is 2.28. The highest BCUT2D eigenvalue weighted by molar-refractivity contribution is 5.84. The van der Waals surface area contributed by atoms with Crippen molar-refractivity contribution in [3.05, 3.63) is 121 Å². The van der Waals surface area contributed by atoms with Gasteiger partial charge in [-0.05, 0) is 65.2 Å². The Balaban J connectivity index is 1.33. The third-order valence-electron chi connectivity index (χ3n) is 8.03. The van der Waals surface area contributed by atoms with Crippen molar-refractivity contribution >= 4 is 22.8 Å². The molecule has 1 fully saturated rings. The molecule has 0 radical (unpaired) electrons. The average molecular weight is 541 g/mol. The summed E-state index contributed by atoms with van der Waals surface area (Å²) in [6.07, 6.45) is 6.04. The van der Waals surface area contributed by atoms with Crippen LogP contribution in [0, 0.1) is 0 Å². The molecule has 41 heavy (non-hydrogen) atoms. The van der Waals surface area contributed by atoms with E-state index in [1.54, 1.807) is 6.33 Å². The second-order valence-corrected chi connectivity index (χ2v) is 10.6. The maximum Gasteiger partial charge on any atom is 0.154 e. The molecule has 204 valence electrons. The van der Waals surface area contributed by atoms with Crippen LogP contribution in [-0.2, 0) is 13.0 Å². The van der Waals surface area contributed by atoms with E-state index in [0.29, 0.717) is 6.54 Å². The Kier molecular flexibility index (Phi) is 6.49. The number of benzene rings is 3. The summed E-state index contributed by atoms with van der Waals surface area (Å²) < 4.78 is 6.56. The largest absolute Gasteiger partial charge is 0.454 e. The highest BCUT2D eigenvalue weighted by atomic mass is 16.3. The fourth-order valence-corrected chi connectivity index (χ4v) is 5.89. The molecule has 7 nitrogen and oxygen atoms in total. The molecule has 4 heterocycles. The SMILES string of the molecule is C=C1c2oc(-c3ccc(N)cc3)cc2Cc2cc(N3CCNCC3)ccc2N1Cc1ccccc1-c1cncnc1. The molecule has 2 aromatic heterocycles. The first-order valence-corrected chi connectivity index (χ1v) is 14.0. The molecule has 3 N–H and O–H groups in total. The van der Waals surface area contributed by atoms with Gasteiger partial charge in [0.05, 0.1) is 5.70 Å². The summed E-state index contributed by atoms with van der Waals surface area (Å²) in [7, 11) is 0. The van der Waals surface area contributed by atoms with E-state index in [0.717, 1.165) is 89.0 Å². The van der Waals surface area contributed by atoms with Gasteiger partial charge >= 0.3 is 0 Å². The summed E-state index contributed by atoms with van der Waals surface area (Å²) in [5.74, 6) is 1.64. The molecule has 0 unspecified atom stereocenters. The number of anilines is 3. The Hall–Kier alpha value is -4.88. The van der Waals surface area contributed by atoms with Crippen molar-refractivity contribution in [2.45, 2.75) is 13.0 Å². The zero-order valence-electron chi connectivity index (χ0n) is 22.9. The quantitative estimate of drug-likeness (QED) is 0.266. The van der Waals surface area contributed by atoms with E-state index in [1.807, 2.05) is 36.7 Å². The summed E-state index contributed by atoms with van der Waals surface area (Å²) >= 11 is 0. The first-order chi connectivity index (χ1) is 20.1. The van der Waals surface area contributed by atoms with Crippen LogP contribution in [-0.4, -0.2) is 36.1 Å². The molecule has 0 amide bonds. The monoisotopic (exact) mass is 540 g/mol. The van der Waals surface area contributed by atoms with Gasteiger partial charge in [-0.1, -0.05) is 30.8 Å². The molecule has 0 atom stereocenters. The number of nitrogen functional groups attached to an aromatic ring is 1. The van der Waals surface area contributed by atoms with Crippen molar-refractivity contribution in [2.24, 2.45) is 0 Å². The average Bonchev–Trinajstić information content (AvgIpc) is 3.41. The van der Waals surface area contributed by atoms with Gasteiger partial charge in [0.15, 0.2) is 5.76 Å². The van der Waals surface area contributed by atoms with E-state index in [9.17, 15) is 0 Å². The summed E-state index contributed by atoms with van der Waals surface area (Å²) in [5, 5.41) is 3.46. The van der Waals surface area contributed by atoms with Gasteiger partial charge in [-0.25, -0.2) is 9.97 Å². The Morgan fingerprint density at radius 2 is 1.66 bits per heavy atom. The van der Waals surface area contributed by atoms with Crippen LogP contribution in [0.4, 0.5) is 17.1 Å². The van der Waals surface area contributed by atoms with Gasteiger partial charge in [-0.3, -0.25) is 0 Å². The summed E-state index contributed by atoms with van der Waals surface area (Å²) in [5.41, 5.74) is 16.6. The van der Waals surface area contributed by atoms with Crippen LogP contribution in [0.5, 0.6) is 0 Å². The zero-order chi connectivity index (χ0) is 27.8. The van der Waals surface area contributed by atoms with Gasteiger partial charge < -0.3 is 25.3 Å². The standard InChI is InChI=1S/C34H32N6O/c1-23-34-27(18-33(41-34)24-6-8-29(35)9-7-24)16-26-17-30(39-14-12-36-13-15-39)10-11-32(26)40(23)21-25-4-2-3-5-31(25)28-19-37-22-38-20-28/h2-11,17-20,22,36H,1,12-16,21,35H2. The maximum absolute atomic E-state index is 6.56. The molecule has 0 spiro atoms. The number of hydrogen-bond donors (Lipinski definition) is 2. The number of hydrogen-bond acceptors (Lipinski definition) is 7. The Morgan fingerprint density at radius 1 is 0.878 bits per heavy atom. The van der Waals surface area contributed by atoms with Crippen LogP contribution in [0.1, 0.15) is 22.5 Å². The van der Waals surface area contributed by atoms with Crippen LogP contribution in [0.2, 0.25) is 0 Å². The lowest BCUT2D eigenvalue weighted by molar-refractivity contribution is 0.562. The normalized spacial score (nSPS) is 14.9. The number of nitrogens with zero attached hydrogens (tertiary/aromatic N) is 4. The van der Waals surface area contributed by atoms with Crippen molar-refractivity contribution in [3.63, 3.8) is 0 Å². The highest BCUT2D eigenvalue weighted by Crippen LogP contribution is 2.42. The number of furan rings is 1. The Bertz CT molecular complexity index is 1700. The smallest absolute Gasteiger partial charge is 0.154 e. The number of piperazine rings is 1. The van der Waals surface area contributed by atoms with Crippen molar-refractivity contribution in [3.8, 4) is 22.5 Å². The first-order valence-electron chi connectivity index (χ1n) is 14.0. The molecule has 2 aliphatic heterocycles. The molecule has 2 aliphatic rings. The second kappa shape index (κ2) is 10.6. The van der Waals surface area contributed by atoms with Crippen molar-refractivity contribution in [2.75, 3.05) is 41.7 Å². The molecule has 7 heteroatoms. The van der Waals surface area contributed by atoms with Gasteiger partial charge in [0.25, 0.3) is 0 Å². The molecular weight excluding hydrogens is 508 g/mol. The van der Waals surface area contributed by atoms with Crippen molar-refractivity contribution in [1.29, 1.82) is 0 Å². The predicted octanol–water partition coefficient (Wildman–Crippen LogP) is 5.98. The van der Waals surface area contributed by atoms with E-state index in [4.69, 9.17) is 10.2 Å². The number of fused-ring (bicyclic) bond motifs is 2. The van der Waals surface area contributed by atoms with Gasteiger partial charge in [-0.15, -0.1) is 0 Å². The minimum Gasteiger partial charge on any atom is -0.454 e. The van der Waals surface area contributed by atoms with Gasteiger partial charge in [-0.2, -0.15) is 0 Å².